The van der Waals surface area contributed by atoms with Gasteiger partial charge in [0.05, 0.1) is 10.5 Å². The summed E-state index contributed by atoms with van der Waals surface area (Å²) in [6.07, 6.45) is -1.31. The molecule has 10 nitrogen and oxygen atoms in total. The number of nitrogen functional groups attached to an aromatic ring is 1. The number of ether oxygens (including phenoxy) is 1. The Bertz CT molecular complexity index is 1330. The second-order valence-electron chi connectivity index (χ2n) is 7.50. The molecule has 0 bridgehead atoms. The van der Waals surface area contributed by atoms with Crippen molar-refractivity contribution in [3.8, 4) is 0 Å². The molecule has 0 aromatic heterocycles. The van der Waals surface area contributed by atoms with Crippen molar-refractivity contribution in [2.24, 2.45) is 5.92 Å². The van der Waals surface area contributed by atoms with Crippen LogP contribution in [0.1, 0.15) is 32.4 Å². The van der Waals surface area contributed by atoms with E-state index in [1.807, 2.05) is 0 Å². The van der Waals surface area contributed by atoms with Crippen molar-refractivity contribution in [1.29, 1.82) is 0 Å². The fourth-order valence-corrected chi connectivity index (χ4v) is 3.69. The number of nitrogens with two attached hydrogens (primary N) is 1. The summed E-state index contributed by atoms with van der Waals surface area (Å²) in [5.74, 6) is -5.41. The van der Waals surface area contributed by atoms with Gasteiger partial charge in [-0.05, 0) is 30.3 Å². The molecule has 0 unspecified atom stereocenters. The van der Waals surface area contributed by atoms with E-state index in [0.717, 1.165) is 12.1 Å². The molecule has 2 atom stereocenters. The van der Waals surface area contributed by atoms with Crippen LogP contribution in [0.3, 0.4) is 0 Å². The third kappa shape index (κ3) is 4.24. The number of benzene rings is 3. The summed E-state index contributed by atoms with van der Waals surface area (Å²) >= 11 is 0. The molecule has 0 fully saturated rings. The summed E-state index contributed by atoms with van der Waals surface area (Å²) in [7, 11) is 0. The first-order valence-electron chi connectivity index (χ1n) is 10.1. The number of anilines is 2. The maximum atomic E-state index is 13.4. The van der Waals surface area contributed by atoms with Gasteiger partial charge in [0.25, 0.3) is 11.6 Å². The Balaban J connectivity index is 1.68. The number of rotatable bonds is 7. The van der Waals surface area contributed by atoms with E-state index in [1.54, 1.807) is 24.3 Å². The van der Waals surface area contributed by atoms with Gasteiger partial charge in [-0.2, -0.15) is 0 Å². The van der Waals surface area contributed by atoms with E-state index >= 15 is 0 Å². The van der Waals surface area contributed by atoms with Crippen molar-refractivity contribution >= 4 is 40.5 Å². The van der Waals surface area contributed by atoms with Gasteiger partial charge in [0.15, 0.2) is 5.78 Å². The first-order valence-corrected chi connectivity index (χ1v) is 10.1. The highest BCUT2D eigenvalue weighted by atomic mass is 16.6. The van der Waals surface area contributed by atoms with Crippen LogP contribution in [0.4, 0.5) is 17.1 Å². The number of Topliss-reactive ketones (excluding diaryl/α,β-unsaturated/α-hetero) is 2. The van der Waals surface area contributed by atoms with Crippen molar-refractivity contribution in [2.45, 2.75) is 6.10 Å². The summed E-state index contributed by atoms with van der Waals surface area (Å²) in [6, 6.07) is 17.0. The molecule has 10 heteroatoms. The monoisotopic (exact) mass is 459 g/mol. The van der Waals surface area contributed by atoms with Crippen LogP contribution < -0.4 is 11.1 Å². The van der Waals surface area contributed by atoms with Crippen LogP contribution in [0.2, 0.25) is 0 Å². The lowest BCUT2D eigenvalue weighted by atomic mass is 9.84. The van der Waals surface area contributed by atoms with Gasteiger partial charge >= 0.3 is 5.97 Å². The predicted octanol–water partition coefficient (Wildman–Crippen LogP) is 3.10. The van der Waals surface area contributed by atoms with Crippen molar-refractivity contribution in [3.05, 3.63) is 99.6 Å². The highest BCUT2D eigenvalue weighted by Gasteiger charge is 2.46. The van der Waals surface area contributed by atoms with E-state index in [-0.39, 0.29) is 28.2 Å². The minimum atomic E-state index is -1.67. The molecule has 0 saturated carbocycles. The first kappa shape index (κ1) is 22.3. The number of nitrogens with one attached hydrogen (secondary N) is 1. The molecule has 3 aromatic rings. The van der Waals surface area contributed by atoms with Crippen LogP contribution >= 0.6 is 0 Å². The summed E-state index contributed by atoms with van der Waals surface area (Å²) in [6.45, 7) is 0. The largest absolute Gasteiger partial charge is 0.453 e. The maximum Gasteiger partial charge on any atom is 0.339 e. The number of hydrogen-bond acceptors (Lipinski definition) is 8. The molecule has 1 amide bonds. The van der Waals surface area contributed by atoms with E-state index in [2.05, 4.69) is 5.32 Å². The molecule has 3 aromatic carbocycles. The van der Waals surface area contributed by atoms with Gasteiger partial charge in [-0.1, -0.05) is 30.3 Å². The Hall–Kier alpha value is -4.86. The van der Waals surface area contributed by atoms with Crippen molar-refractivity contribution in [2.75, 3.05) is 11.1 Å². The molecule has 1 heterocycles. The van der Waals surface area contributed by atoms with E-state index < -0.39 is 40.4 Å². The van der Waals surface area contributed by atoms with Gasteiger partial charge in [-0.3, -0.25) is 24.5 Å². The second kappa shape index (κ2) is 8.94. The maximum absolute atomic E-state index is 13.4. The molecule has 170 valence electrons. The molecule has 1 aliphatic heterocycles. The molecule has 3 N–H and O–H groups in total. The quantitative estimate of drug-likeness (QED) is 0.104. The van der Waals surface area contributed by atoms with Gasteiger partial charge in [0, 0.05) is 34.6 Å². The Morgan fingerprint density at radius 2 is 1.71 bits per heavy atom. The van der Waals surface area contributed by atoms with Crippen LogP contribution in [0.5, 0.6) is 0 Å². The van der Waals surface area contributed by atoms with Crippen LogP contribution in [0, 0.1) is 16.0 Å². The zero-order chi connectivity index (χ0) is 24.4. The summed E-state index contributed by atoms with van der Waals surface area (Å²) in [5, 5.41) is 13.2. The SMILES string of the molecule is Nc1cccc(C(=O)[C@@H](C(=O)C(=O)Nc2ccc([N+](=O)[O-])cc2)[C@H]2OC(=O)c3ccccc32)c1. The molecular formula is C24H17N3O7. The number of nitrogens with zero attached hydrogens (tertiary/aromatic N) is 1. The summed E-state index contributed by atoms with van der Waals surface area (Å²) < 4.78 is 5.36. The molecular weight excluding hydrogens is 442 g/mol. The van der Waals surface area contributed by atoms with Crippen LogP contribution in [0.15, 0.2) is 72.8 Å². The third-order valence-corrected chi connectivity index (χ3v) is 5.32. The number of cyclic esters (lactones) is 1. The Kier molecular flexibility index (Phi) is 5.88. The topological polar surface area (TPSA) is 159 Å². The number of carbonyl (C=O) groups excluding carboxylic acids is 4. The van der Waals surface area contributed by atoms with Crippen LogP contribution in [-0.4, -0.2) is 28.4 Å². The highest BCUT2D eigenvalue weighted by molar-refractivity contribution is 6.45. The minimum absolute atomic E-state index is 0.0712. The highest BCUT2D eigenvalue weighted by Crippen LogP contribution is 2.38. The Morgan fingerprint density at radius 1 is 1.00 bits per heavy atom. The van der Waals surface area contributed by atoms with Crippen molar-refractivity contribution < 1.29 is 28.8 Å². The van der Waals surface area contributed by atoms with Gasteiger partial charge in [0.1, 0.15) is 12.0 Å². The molecule has 0 aliphatic carbocycles. The number of amides is 1. The normalized spacial score (nSPS) is 15.1. The number of ketones is 2. The minimum Gasteiger partial charge on any atom is -0.453 e. The van der Waals surface area contributed by atoms with Gasteiger partial charge in [-0.25, -0.2) is 4.79 Å². The van der Waals surface area contributed by atoms with Gasteiger partial charge in [0.2, 0.25) is 5.78 Å². The van der Waals surface area contributed by atoms with Crippen molar-refractivity contribution in [3.63, 3.8) is 0 Å². The average Bonchev–Trinajstić information content (AvgIpc) is 3.15. The number of nitro groups is 1. The number of hydrogen-bond donors (Lipinski definition) is 2. The molecule has 0 saturated heterocycles. The molecule has 34 heavy (non-hydrogen) atoms. The molecule has 0 radical (unpaired) electrons. The summed E-state index contributed by atoms with van der Waals surface area (Å²) in [4.78, 5) is 62.0. The zero-order valence-corrected chi connectivity index (χ0v) is 17.5. The average molecular weight is 459 g/mol. The summed E-state index contributed by atoms with van der Waals surface area (Å²) in [5.41, 5.74) is 6.54. The molecule has 1 aliphatic rings. The standard InChI is InChI=1S/C24H17N3O7/c25-14-5-3-4-13(12-14)20(28)19(22-17-6-1-2-7-18(17)24(31)34-22)21(29)23(30)26-15-8-10-16(11-9-15)27(32)33/h1-12,19,22H,25H2,(H,26,30)/t19-,22-/m0/s1. The van der Waals surface area contributed by atoms with Gasteiger partial charge in [-0.15, -0.1) is 0 Å². The zero-order valence-electron chi connectivity index (χ0n) is 17.5. The third-order valence-electron chi connectivity index (χ3n) is 5.32. The lowest BCUT2D eigenvalue weighted by Gasteiger charge is -2.21. The van der Waals surface area contributed by atoms with Crippen LogP contribution in [0.25, 0.3) is 0 Å². The lowest BCUT2D eigenvalue weighted by Crippen LogP contribution is -2.38. The predicted molar refractivity (Wildman–Crippen MR) is 120 cm³/mol. The number of nitro benzene ring substituents is 1. The van der Waals surface area contributed by atoms with E-state index in [1.165, 1.54) is 36.4 Å². The number of fused-ring (bicyclic) bond motifs is 1. The second-order valence-corrected chi connectivity index (χ2v) is 7.50. The van der Waals surface area contributed by atoms with E-state index in [9.17, 15) is 29.3 Å². The number of non-ortho nitro benzene ring substituents is 1. The fraction of sp³-hybridized carbons (Fsp3) is 0.0833. The Labute approximate surface area is 192 Å². The Morgan fingerprint density at radius 3 is 2.38 bits per heavy atom. The van der Waals surface area contributed by atoms with Crippen molar-refractivity contribution in [1.82, 2.24) is 0 Å². The number of carbonyl (C=O) groups is 4. The smallest absolute Gasteiger partial charge is 0.339 e. The first-order chi connectivity index (χ1) is 16.3. The van der Waals surface area contributed by atoms with Gasteiger partial charge < -0.3 is 15.8 Å². The number of esters is 1. The lowest BCUT2D eigenvalue weighted by molar-refractivity contribution is -0.384. The van der Waals surface area contributed by atoms with E-state index in [4.69, 9.17) is 10.5 Å². The fourth-order valence-electron chi connectivity index (χ4n) is 3.69. The van der Waals surface area contributed by atoms with Crippen LogP contribution in [-0.2, 0) is 14.3 Å². The van der Waals surface area contributed by atoms with E-state index in [0.29, 0.717) is 5.56 Å². The molecule has 0 spiro atoms. The molecule has 4 rings (SSSR count).